The summed E-state index contributed by atoms with van der Waals surface area (Å²) in [6.45, 7) is 4.53. The van der Waals surface area contributed by atoms with Crippen LogP contribution in [0.1, 0.15) is 29.8 Å². The predicted octanol–water partition coefficient (Wildman–Crippen LogP) is 4.08. The number of hydrogen-bond donors (Lipinski definition) is 1. The van der Waals surface area contributed by atoms with E-state index in [1.54, 1.807) is 0 Å². The van der Waals surface area contributed by atoms with E-state index in [0.29, 0.717) is 17.8 Å². The van der Waals surface area contributed by atoms with E-state index in [4.69, 9.17) is 5.73 Å². The van der Waals surface area contributed by atoms with Gasteiger partial charge in [0.05, 0.1) is 0 Å². The summed E-state index contributed by atoms with van der Waals surface area (Å²) in [5, 5.41) is 0. The van der Waals surface area contributed by atoms with Gasteiger partial charge in [0.2, 0.25) is 0 Å². The molecule has 4 heteroatoms. The van der Waals surface area contributed by atoms with Gasteiger partial charge in [-0.05, 0) is 49.7 Å². The summed E-state index contributed by atoms with van der Waals surface area (Å²) in [6, 6.07) is 15.2. The van der Waals surface area contributed by atoms with Crippen LogP contribution in [0.2, 0.25) is 0 Å². The zero-order valence-electron chi connectivity index (χ0n) is 12.2. The van der Waals surface area contributed by atoms with Crippen molar-refractivity contribution in [1.29, 1.82) is 0 Å². The van der Waals surface area contributed by atoms with Gasteiger partial charge in [-0.2, -0.15) is 0 Å². The fraction of sp³-hybridized carbons (Fsp3) is 0.235. The molecule has 1 amide bonds. The van der Waals surface area contributed by atoms with E-state index < -0.39 is 0 Å². The quantitative estimate of drug-likeness (QED) is 0.847. The van der Waals surface area contributed by atoms with Gasteiger partial charge < -0.3 is 10.6 Å². The lowest BCUT2D eigenvalue weighted by Gasteiger charge is -2.27. The van der Waals surface area contributed by atoms with Gasteiger partial charge in [-0.1, -0.05) is 34.1 Å². The molecule has 0 spiro atoms. The smallest absolute Gasteiger partial charge is 0.254 e. The molecular weight excluding hydrogens is 328 g/mol. The molecule has 0 heterocycles. The van der Waals surface area contributed by atoms with Crippen molar-refractivity contribution in [1.82, 2.24) is 4.90 Å². The number of benzene rings is 2. The topological polar surface area (TPSA) is 46.3 Å². The van der Waals surface area contributed by atoms with E-state index in [1.807, 2.05) is 67.3 Å². The number of rotatable bonds is 4. The molecule has 3 nitrogen and oxygen atoms in total. The van der Waals surface area contributed by atoms with Gasteiger partial charge in [0.15, 0.2) is 0 Å². The van der Waals surface area contributed by atoms with Crippen molar-refractivity contribution in [3.8, 4) is 0 Å². The van der Waals surface area contributed by atoms with Crippen molar-refractivity contribution >= 4 is 27.5 Å². The fourth-order valence-electron chi connectivity index (χ4n) is 2.11. The third kappa shape index (κ3) is 3.85. The molecule has 2 N–H and O–H groups in total. The number of nitrogens with two attached hydrogens (primary N) is 1. The average Bonchev–Trinajstić information content (AvgIpc) is 2.46. The number of carbonyl (C=O) groups excluding carboxylic acids is 1. The molecule has 0 fully saturated rings. The lowest BCUT2D eigenvalue weighted by Crippen LogP contribution is -2.36. The molecule has 2 aromatic carbocycles. The number of para-hydroxylation sites is 1. The van der Waals surface area contributed by atoms with E-state index in [1.165, 1.54) is 0 Å². The zero-order chi connectivity index (χ0) is 15.4. The molecule has 2 rings (SSSR count). The number of amides is 1. The molecular formula is C17H19BrN2O. The molecule has 21 heavy (non-hydrogen) atoms. The normalized spacial score (nSPS) is 10.7. The first-order valence-electron chi connectivity index (χ1n) is 6.89. The number of halogens is 1. The van der Waals surface area contributed by atoms with Crippen LogP contribution in [-0.4, -0.2) is 16.8 Å². The van der Waals surface area contributed by atoms with Crippen LogP contribution >= 0.6 is 15.9 Å². The predicted molar refractivity (Wildman–Crippen MR) is 90.0 cm³/mol. The lowest BCUT2D eigenvalue weighted by molar-refractivity contribution is 0.0691. The minimum Gasteiger partial charge on any atom is -0.398 e. The van der Waals surface area contributed by atoms with E-state index in [9.17, 15) is 4.79 Å². The molecule has 110 valence electrons. The van der Waals surface area contributed by atoms with E-state index >= 15 is 0 Å². The SMILES string of the molecule is CC(C)N(Cc1ccccc1N)C(=O)c1ccc(Br)cc1. The highest BCUT2D eigenvalue weighted by Crippen LogP contribution is 2.19. The Labute approximate surface area is 133 Å². The van der Waals surface area contributed by atoms with Crippen molar-refractivity contribution in [3.63, 3.8) is 0 Å². The first-order chi connectivity index (χ1) is 9.99. The van der Waals surface area contributed by atoms with Gasteiger partial charge >= 0.3 is 0 Å². The molecule has 0 saturated heterocycles. The van der Waals surface area contributed by atoms with E-state index in [0.717, 1.165) is 10.0 Å². The van der Waals surface area contributed by atoms with Crippen molar-refractivity contribution in [2.24, 2.45) is 0 Å². The largest absolute Gasteiger partial charge is 0.398 e. The molecule has 0 aromatic heterocycles. The van der Waals surface area contributed by atoms with Gasteiger partial charge in [0.25, 0.3) is 5.91 Å². The summed E-state index contributed by atoms with van der Waals surface area (Å²) in [7, 11) is 0. The van der Waals surface area contributed by atoms with Gasteiger partial charge in [0.1, 0.15) is 0 Å². The van der Waals surface area contributed by atoms with E-state index in [2.05, 4.69) is 15.9 Å². The average molecular weight is 347 g/mol. The summed E-state index contributed by atoms with van der Waals surface area (Å²) in [5.41, 5.74) is 8.35. The second-order valence-corrected chi connectivity index (χ2v) is 6.15. The Bertz CT molecular complexity index is 623. The second-order valence-electron chi connectivity index (χ2n) is 5.23. The van der Waals surface area contributed by atoms with Crippen LogP contribution in [0.15, 0.2) is 53.0 Å². The first-order valence-corrected chi connectivity index (χ1v) is 7.68. The zero-order valence-corrected chi connectivity index (χ0v) is 13.8. The highest BCUT2D eigenvalue weighted by atomic mass is 79.9. The summed E-state index contributed by atoms with van der Waals surface area (Å²) < 4.78 is 0.961. The number of carbonyl (C=O) groups is 1. The Morgan fingerprint density at radius 3 is 2.33 bits per heavy atom. The van der Waals surface area contributed by atoms with E-state index in [-0.39, 0.29) is 11.9 Å². The standard InChI is InChI=1S/C17H19BrN2O/c1-12(2)20(11-14-5-3-4-6-16(14)19)17(21)13-7-9-15(18)10-8-13/h3-10,12H,11,19H2,1-2H3. The van der Waals surface area contributed by atoms with Crippen LogP contribution in [0.3, 0.4) is 0 Å². The Morgan fingerprint density at radius 1 is 1.14 bits per heavy atom. The van der Waals surface area contributed by atoms with Gasteiger partial charge in [-0.15, -0.1) is 0 Å². The number of anilines is 1. The first kappa shape index (κ1) is 15.6. The fourth-order valence-corrected chi connectivity index (χ4v) is 2.37. The molecule has 0 aliphatic carbocycles. The molecule has 0 saturated carbocycles. The van der Waals surface area contributed by atoms with Crippen LogP contribution in [0.25, 0.3) is 0 Å². The molecule has 0 aliphatic rings. The summed E-state index contributed by atoms with van der Waals surface area (Å²) in [6.07, 6.45) is 0. The third-order valence-electron chi connectivity index (χ3n) is 3.37. The number of nitrogen functional groups attached to an aromatic ring is 1. The minimum atomic E-state index is 0.0146. The molecule has 0 atom stereocenters. The second kappa shape index (κ2) is 6.76. The maximum atomic E-state index is 12.7. The molecule has 0 bridgehead atoms. The van der Waals surface area contributed by atoms with Crippen molar-refractivity contribution < 1.29 is 4.79 Å². The number of hydrogen-bond acceptors (Lipinski definition) is 2. The van der Waals surface area contributed by atoms with Gasteiger partial charge in [-0.25, -0.2) is 0 Å². The number of nitrogens with zero attached hydrogens (tertiary/aromatic N) is 1. The Hall–Kier alpha value is -1.81. The minimum absolute atomic E-state index is 0.0146. The highest BCUT2D eigenvalue weighted by molar-refractivity contribution is 9.10. The summed E-state index contributed by atoms with van der Waals surface area (Å²) in [5.74, 6) is 0.0146. The van der Waals surface area contributed by atoms with Crippen LogP contribution in [0.5, 0.6) is 0 Å². The van der Waals surface area contributed by atoms with Crippen molar-refractivity contribution in [3.05, 3.63) is 64.1 Å². The van der Waals surface area contributed by atoms with Crippen LogP contribution in [0.4, 0.5) is 5.69 Å². The third-order valence-corrected chi connectivity index (χ3v) is 3.90. The summed E-state index contributed by atoms with van der Waals surface area (Å²) >= 11 is 3.38. The maximum absolute atomic E-state index is 12.7. The lowest BCUT2D eigenvalue weighted by atomic mass is 10.1. The van der Waals surface area contributed by atoms with Crippen LogP contribution in [-0.2, 0) is 6.54 Å². The van der Waals surface area contributed by atoms with Gasteiger partial charge in [-0.3, -0.25) is 4.79 Å². The molecule has 2 aromatic rings. The van der Waals surface area contributed by atoms with Gasteiger partial charge in [0, 0.05) is 28.3 Å². The summed E-state index contributed by atoms with van der Waals surface area (Å²) in [4.78, 5) is 14.5. The van der Waals surface area contributed by atoms with Crippen molar-refractivity contribution in [2.75, 3.05) is 5.73 Å². The molecule has 0 aliphatic heterocycles. The van der Waals surface area contributed by atoms with Crippen LogP contribution < -0.4 is 5.73 Å². The Kier molecular flexibility index (Phi) is 5.02. The maximum Gasteiger partial charge on any atom is 0.254 e. The Morgan fingerprint density at radius 2 is 1.76 bits per heavy atom. The van der Waals surface area contributed by atoms with Crippen LogP contribution in [0, 0.1) is 0 Å². The Balaban J connectivity index is 2.25. The molecule has 0 radical (unpaired) electrons. The molecule has 0 unspecified atom stereocenters. The highest BCUT2D eigenvalue weighted by Gasteiger charge is 2.19. The van der Waals surface area contributed by atoms with Crippen molar-refractivity contribution in [2.45, 2.75) is 26.4 Å². The monoisotopic (exact) mass is 346 g/mol.